The van der Waals surface area contributed by atoms with E-state index >= 15 is 0 Å². The second-order valence-electron chi connectivity index (χ2n) is 4.20. The monoisotopic (exact) mass is 269 g/mol. The number of carbonyl (C=O) groups is 1. The molecular formula is C15H15N3O2. The third-order valence-corrected chi connectivity index (χ3v) is 2.86. The Morgan fingerprint density at radius 1 is 1.20 bits per heavy atom. The molecule has 0 amide bonds. The highest BCUT2D eigenvalue weighted by Gasteiger charge is 2.20. The first-order valence-corrected chi connectivity index (χ1v) is 6.14. The molecule has 0 aliphatic carbocycles. The Labute approximate surface area is 116 Å². The first kappa shape index (κ1) is 13.7. The van der Waals surface area contributed by atoms with Gasteiger partial charge in [-0.15, -0.1) is 23.4 Å². The third-order valence-electron chi connectivity index (χ3n) is 2.86. The first-order chi connectivity index (χ1) is 9.69. The lowest BCUT2D eigenvalue weighted by Gasteiger charge is -2.24. The van der Waals surface area contributed by atoms with Gasteiger partial charge in [-0.05, 0) is 6.07 Å². The predicted molar refractivity (Wildman–Crippen MR) is 79.1 cm³/mol. The molecule has 0 unspecified atom stereocenters. The molecule has 1 aromatic carbocycles. The molecule has 0 aliphatic rings. The van der Waals surface area contributed by atoms with Crippen LogP contribution in [0, 0.1) is 0 Å². The van der Waals surface area contributed by atoms with Crippen LogP contribution in [0.1, 0.15) is 10.5 Å². The maximum Gasteiger partial charge on any atom is 0.358 e. The van der Waals surface area contributed by atoms with Crippen LogP contribution in [-0.4, -0.2) is 34.4 Å². The summed E-state index contributed by atoms with van der Waals surface area (Å²) < 4.78 is 0. The number of rotatable bonds is 6. The summed E-state index contributed by atoms with van der Waals surface area (Å²) in [5, 5.41) is 17.9. The zero-order valence-corrected chi connectivity index (χ0v) is 11.0. The highest BCUT2D eigenvalue weighted by atomic mass is 16.4. The molecule has 0 saturated carbocycles. The SMILES string of the molecule is C=CCN(CC=C)c1c(C(=O)O)nnc2ccccc12. The van der Waals surface area contributed by atoms with Crippen molar-refractivity contribution in [2.24, 2.45) is 0 Å². The van der Waals surface area contributed by atoms with Crippen LogP contribution in [0.25, 0.3) is 10.9 Å². The largest absolute Gasteiger partial charge is 0.476 e. The molecule has 1 aromatic heterocycles. The second-order valence-corrected chi connectivity index (χ2v) is 4.20. The smallest absolute Gasteiger partial charge is 0.358 e. The molecule has 0 aliphatic heterocycles. The van der Waals surface area contributed by atoms with Crippen LogP contribution in [-0.2, 0) is 0 Å². The maximum atomic E-state index is 11.4. The fourth-order valence-electron chi connectivity index (χ4n) is 2.07. The molecule has 2 aromatic rings. The first-order valence-electron chi connectivity index (χ1n) is 6.14. The minimum absolute atomic E-state index is 0.0626. The molecule has 20 heavy (non-hydrogen) atoms. The number of anilines is 1. The van der Waals surface area contributed by atoms with Gasteiger partial charge in [0, 0.05) is 18.5 Å². The van der Waals surface area contributed by atoms with E-state index in [1.54, 1.807) is 18.2 Å². The minimum Gasteiger partial charge on any atom is -0.476 e. The van der Waals surface area contributed by atoms with Crippen LogP contribution in [0.2, 0.25) is 0 Å². The fraction of sp³-hybridized carbons (Fsp3) is 0.133. The van der Waals surface area contributed by atoms with Crippen LogP contribution in [0.15, 0.2) is 49.6 Å². The number of benzene rings is 1. The quantitative estimate of drug-likeness (QED) is 0.816. The number of hydrogen-bond acceptors (Lipinski definition) is 4. The molecule has 0 bridgehead atoms. The zero-order chi connectivity index (χ0) is 14.5. The Balaban J connectivity index is 2.73. The zero-order valence-electron chi connectivity index (χ0n) is 11.0. The summed E-state index contributed by atoms with van der Waals surface area (Å²) in [5.74, 6) is -1.10. The number of carboxylic acid groups (broad SMARTS) is 1. The molecule has 0 saturated heterocycles. The molecule has 0 atom stereocenters. The van der Waals surface area contributed by atoms with Gasteiger partial charge < -0.3 is 10.0 Å². The van der Waals surface area contributed by atoms with Crippen LogP contribution in [0.5, 0.6) is 0 Å². The van der Waals surface area contributed by atoms with Crippen molar-refractivity contribution in [1.82, 2.24) is 10.2 Å². The summed E-state index contributed by atoms with van der Waals surface area (Å²) in [6.07, 6.45) is 3.43. The van der Waals surface area contributed by atoms with E-state index in [0.717, 1.165) is 5.39 Å². The van der Waals surface area contributed by atoms with E-state index in [0.29, 0.717) is 24.3 Å². The van der Waals surface area contributed by atoms with Gasteiger partial charge >= 0.3 is 5.97 Å². The van der Waals surface area contributed by atoms with E-state index < -0.39 is 5.97 Å². The molecule has 0 fully saturated rings. The minimum atomic E-state index is -1.10. The van der Waals surface area contributed by atoms with Gasteiger partial charge in [-0.25, -0.2) is 4.79 Å². The molecule has 2 rings (SSSR count). The van der Waals surface area contributed by atoms with Crippen molar-refractivity contribution in [1.29, 1.82) is 0 Å². The Morgan fingerprint density at radius 3 is 2.45 bits per heavy atom. The Hall–Kier alpha value is -2.69. The van der Waals surface area contributed by atoms with Crippen LogP contribution < -0.4 is 4.90 Å². The molecule has 102 valence electrons. The Bertz CT molecular complexity index is 657. The maximum absolute atomic E-state index is 11.4. The topological polar surface area (TPSA) is 66.3 Å². The highest BCUT2D eigenvalue weighted by Crippen LogP contribution is 2.28. The number of nitrogens with zero attached hydrogens (tertiary/aromatic N) is 3. The van der Waals surface area contributed by atoms with E-state index in [2.05, 4.69) is 23.4 Å². The summed E-state index contributed by atoms with van der Waals surface area (Å²) in [7, 11) is 0. The predicted octanol–water partition coefficient (Wildman–Crippen LogP) is 2.51. The van der Waals surface area contributed by atoms with Crippen molar-refractivity contribution in [3.63, 3.8) is 0 Å². The van der Waals surface area contributed by atoms with Crippen LogP contribution >= 0.6 is 0 Å². The summed E-state index contributed by atoms with van der Waals surface area (Å²) in [4.78, 5) is 13.3. The third kappa shape index (κ3) is 2.51. The van der Waals surface area contributed by atoms with Gasteiger partial charge in [0.05, 0.1) is 11.2 Å². The van der Waals surface area contributed by atoms with Gasteiger partial charge in [0.2, 0.25) is 0 Å². The van der Waals surface area contributed by atoms with Crippen molar-refractivity contribution < 1.29 is 9.90 Å². The van der Waals surface area contributed by atoms with E-state index in [1.807, 2.05) is 23.1 Å². The second kappa shape index (κ2) is 5.97. The lowest BCUT2D eigenvalue weighted by Crippen LogP contribution is -2.26. The highest BCUT2D eigenvalue weighted by molar-refractivity contribution is 6.02. The Morgan fingerprint density at radius 2 is 1.85 bits per heavy atom. The van der Waals surface area contributed by atoms with Crippen molar-refractivity contribution in [2.75, 3.05) is 18.0 Å². The summed E-state index contributed by atoms with van der Waals surface area (Å²) >= 11 is 0. The van der Waals surface area contributed by atoms with Gasteiger partial charge in [0.1, 0.15) is 0 Å². The molecular weight excluding hydrogens is 254 g/mol. The average Bonchev–Trinajstić information content (AvgIpc) is 2.45. The molecule has 1 heterocycles. The number of aromatic nitrogens is 2. The van der Waals surface area contributed by atoms with Crippen LogP contribution in [0.4, 0.5) is 5.69 Å². The number of carboxylic acids is 1. The summed E-state index contributed by atoms with van der Waals surface area (Å²) in [6.45, 7) is 8.41. The van der Waals surface area contributed by atoms with Crippen LogP contribution in [0.3, 0.4) is 0 Å². The van der Waals surface area contributed by atoms with E-state index in [4.69, 9.17) is 0 Å². The van der Waals surface area contributed by atoms with Gasteiger partial charge in [0.15, 0.2) is 5.69 Å². The van der Waals surface area contributed by atoms with Crippen molar-refractivity contribution in [3.8, 4) is 0 Å². The number of hydrogen-bond donors (Lipinski definition) is 1. The molecule has 1 N–H and O–H groups in total. The molecule has 0 spiro atoms. The standard InChI is InChI=1S/C15H15N3O2/c1-3-9-18(10-4-2)14-11-7-5-6-8-12(11)16-17-13(14)15(19)20/h3-8H,1-2,9-10H2,(H,19,20). The van der Waals surface area contributed by atoms with E-state index in [9.17, 15) is 9.90 Å². The lowest BCUT2D eigenvalue weighted by atomic mass is 10.1. The molecule has 0 radical (unpaired) electrons. The van der Waals surface area contributed by atoms with Crippen molar-refractivity contribution in [3.05, 3.63) is 55.3 Å². The van der Waals surface area contributed by atoms with Crippen molar-refractivity contribution >= 4 is 22.6 Å². The lowest BCUT2D eigenvalue weighted by molar-refractivity contribution is 0.0690. The molecule has 5 heteroatoms. The van der Waals surface area contributed by atoms with Gasteiger partial charge in [-0.3, -0.25) is 0 Å². The van der Waals surface area contributed by atoms with Crippen molar-refractivity contribution in [2.45, 2.75) is 0 Å². The average molecular weight is 269 g/mol. The summed E-state index contributed by atoms with van der Waals surface area (Å²) in [5.41, 5.74) is 1.14. The Kier molecular flexibility index (Phi) is 4.10. The van der Waals surface area contributed by atoms with E-state index in [-0.39, 0.29) is 5.69 Å². The van der Waals surface area contributed by atoms with E-state index in [1.165, 1.54) is 0 Å². The molecule has 5 nitrogen and oxygen atoms in total. The number of aromatic carboxylic acids is 1. The van der Waals surface area contributed by atoms with Gasteiger partial charge in [-0.2, -0.15) is 0 Å². The fourth-order valence-corrected chi connectivity index (χ4v) is 2.07. The van der Waals surface area contributed by atoms with Gasteiger partial charge in [0.25, 0.3) is 0 Å². The summed E-state index contributed by atoms with van der Waals surface area (Å²) in [6, 6.07) is 7.33. The number of fused-ring (bicyclic) bond motifs is 1. The normalized spacial score (nSPS) is 10.2. The van der Waals surface area contributed by atoms with Gasteiger partial charge in [-0.1, -0.05) is 30.4 Å².